The van der Waals surface area contributed by atoms with Gasteiger partial charge >= 0.3 is 6.36 Å². The Labute approximate surface area is 156 Å². The molecule has 0 saturated carbocycles. The van der Waals surface area contributed by atoms with Crippen molar-refractivity contribution >= 4 is 17.2 Å². The van der Waals surface area contributed by atoms with Crippen LogP contribution >= 0.6 is 11.3 Å². The van der Waals surface area contributed by atoms with E-state index in [4.69, 9.17) is 4.42 Å². The Morgan fingerprint density at radius 3 is 2.63 bits per heavy atom. The lowest BCUT2D eigenvalue weighted by Crippen LogP contribution is -2.39. The van der Waals surface area contributed by atoms with Crippen LogP contribution in [0.25, 0.3) is 0 Å². The number of hydrogen-bond acceptors (Lipinski definition) is 4. The molecule has 140 valence electrons. The second kappa shape index (κ2) is 6.77. The zero-order valence-corrected chi connectivity index (χ0v) is 14.7. The Hall–Kier alpha value is -2.74. The molecule has 3 heterocycles. The van der Waals surface area contributed by atoms with Crippen LogP contribution in [-0.4, -0.2) is 23.7 Å². The number of alkyl halides is 3. The summed E-state index contributed by atoms with van der Waals surface area (Å²) in [5.41, 5.74) is 1.69. The average molecular weight is 393 g/mol. The van der Waals surface area contributed by atoms with E-state index in [2.05, 4.69) is 4.74 Å². The first-order valence-electron chi connectivity index (χ1n) is 8.19. The summed E-state index contributed by atoms with van der Waals surface area (Å²) in [6.07, 6.45) is -2.58. The van der Waals surface area contributed by atoms with E-state index in [1.54, 1.807) is 40.5 Å². The fraction of sp³-hybridized carbons (Fsp3) is 0.211. The van der Waals surface area contributed by atoms with Gasteiger partial charge in [0.25, 0.3) is 5.91 Å². The number of nitrogens with zero attached hydrogens (tertiary/aromatic N) is 1. The molecule has 1 aliphatic rings. The molecule has 1 aromatic carbocycles. The number of thiophene rings is 1. The first-order chi connectivity index (χ1) is 12.9. The molecule has 8 heteroatoms. The van der Waals surface area contributed by atoms with Crippen LogP contribution in [-0.2, 0) is 6.42 Å². The predicted molar refractivity (Wildman–Crippen MR) is 92.7 cm³/mol. The molecule has 4 nitrogen and oxygen atoms in total. The second-order valence-electron chi connectivity index (χ2n) is 6.04. The molecule has 1 unspecified atom stereocenters. The minimum Gasteiger partial charge on any atom is -0.459 e. The quantitative estimate of drug-likeness (QED) is 0.627. The molecule has 0 N–H and O–H groups in total. The number of carbonyl (C=O) groups is 1. The highest BCUT2D eigenvalue weighted by Gasteiger charge is 2.35. The molecule has 1 amide bonds. The van der Waals surface area contributed by atoms with Gasteiger partial charge in [-0.1, -0.05) is 12.1 Å². The topological polar surface area (TPSA) is 42.7 Å². The molecule has 1 aliphatic heterocycles. The van der Waals surface area contributed by atoms with Crippen molar-refractivity contribution in [2.45, 2.75) is 18.8 Å². The largest absolute Gasteiger partial charge is 0.573 e. The lowest BCUT2D eigenvalue weighted by molar-refractivity contribution is -0.274. The first-order valence-corrected chi connectivity index (χ1v) is 9.07. The van der Waals surface area contributed by atoms with Gasteiger partial charge in [-0.25, -0.2) is 0 Å². The highest BCUT2D eigenvalue weighted by Crippen LogP contribution is 2.39. The number of hydrogen-bond donors (Lipinski definition) is 0. The van der Waals surface area contributed by atoms with Crippen molar-refractivity contribution in [3.05, 3.63) is 75.9 Å². The number of benzene rings is 1. The molecule has 0 saturated heterocycles. The van der Waals surface area contributed by atoms with E-state index >= 15 is 0 Å². The van der Waals surface area contributed by atoms with E-state index in [9.17, 15) is 18.0 Å². The van der Waals surface area contributed by atoms with Crippen molar-refractivity contribution < 1.29 is 27.1 Å². The molecule has 3 aromatic rings. The van der Waals surface area contributed by atoms with Crippen LogP contribution in [0.1, 0.15) is 32.6 Å². The van der Waals surface area contributed by atoms with E-state index in [1.807, 2.05) is 11.4 Å². The molecule has 0 aliphatic carbocycles. The van der Waals surface area contributed by atoms with E-state index in [0.717, 1.165) is 12.0 Å². The molecule has 1 atom stereocenters. The Bertz CT molecular complexity index is 932. The summed E-state index contributed by atoms with van der Waals surface area (Å²) in [7, 11) is 0. The fourth-order valence-electron chi connectivity index (χ4n) is 3.29. The normalized spacial score (nSPS) is 16.9. The van der Waals surface area contributed by atoms with Gasteiger partial charge in [-0.3, -0.25) is 4.79 Å². The highest BCUT2D eigenvalue weighted by atomic mass is 32.1. The van der Waals surface area contributed by atoms with Crippen LogP contribution < -0.4 is 4.74 Å². The van der Waals surface area contributed by atoms with Crippen molar-refractivity contribution in [3.63, 3.8) is 0 Å². The highest BCUT2D eigenvalue weighted by molar-refractivity contribution is 7.10. The van der Waals surface area contributed by atoms with Gasteiger partial charge in [0.1, 0.15) is 5.75 Å². The zero-order chi connectivity index (χ0) is 19.0. The number of halogens is 3. The van der Waals surface area contributed by atoms with Crippen molar-refractivity contribution in [2.75, 3.05) is 6.54 Å². The third-order valence-electron chi connectivity index (χ3n) is 4.39. The lowest BCUT2D eigenvalue weighted by Gasteiger charge is -2.35. The summed E-state index contributed by atoms with van der Waals surface area (Å²) in [6.45, 7) is 0.499. The van der Waals surface area contributed by atoms with Crippen LogP contribution in [0.2, 0.25) is 0 Å². The van der Waals surface area contributed by atoms with E-state index < -0.39 is 12.4 Å². The summed E-state index contributed by atoms with van der Waals surface area (Å²) >= 11 is 1.61. The van der Waals surface area contributed by atoms with Crippen molar-refractivity contribution in [1.29, 1.82) is 0 Å². The number of furan rings is 1. The smallest absolute Gasteiger partial charge is 0.459 e. The number of fused-ring (bicyclic) bond motifs is 1. The third kappa shape index (κ3) is 3.57. The summed E-state index contributed by atoms with van der Waals surface area (Å²) < 4.78 is 46.4. The van der Waals surface area contributed by atoms with Gasteiger partial charge in [0.05, 0.1) is 12.3 Å². The van der Waals surface area contributed by atoms with Crippen molar-refractivity contribution in [1.82, 2.24) is 4.90 Å². The molecular weight excluding hydrogens is 379 g/mol. The Morgan fingerprint density at radius 1 is 1.19 bits per heavy atom. The minimum atomic E-state index is -4.74. The third-order valence-corrected chi connectivity index (χ3v) is 5.38. The second-order valence-corrected chi connectivity index (χ2v) is 7.05. The number of carbonyl (C=O) groups excluding carboxylic acids is 1. The molecule has 0 radical (unpaired) electrons. The Kier molecular flexibility index (Phi) is 4.43. The molecule has 0 fully saturated rings. The minimum absolute atomic E-state index is 0.232. The van der Waals surface area contributed by atoms with Gasteiger partial charge in [0.2, 0.25) is 0 Å². The van der Waals surface area contributed by atoms with Crippen molar-refractivity contribution in [2.24, 2.45) is 0 Å². The van der Waals surface area contributed by atoms with Gasteiger partial charge < -0.3 is 14.1 Å². The number of rotatable bonds is 3. The van der Waals surface area contributed by atoms with E-state index in [0.29, 0.717) is 12.1 Å². The maximum Gasteiger partial charge on any atom is 0.573 e. The standard InChI is InChI=1S/C19H14F3NO3S/c20-19(21,22)26-13-5-3-12(4-6-13)17-14-8-11-27-16(14)7-9-23(17)18(24)15-2-1-10-25-15/h1-6,8,10-11,17H,7,9H2. The van der Waals surface area contributed by atoms with Crippen LogP contribution in [0.3, 0.4) is 0 Å². The van der Waals surface area contributed by atoms with Crippen molar-refractivity contribution in [3.8, 4) is 5.75 Å². The monoisotopic (exact) mass is 393 g/mol. The summed E-state index contributed by atoms with van der Waals surface area (Å²) in [4.78, 5) is 15.7. The SMILES string of the molecule is O=C(c1ccco1)N1CCc2sccc2C1c1ccc(OC(F)(F)F)cc1. The molecule has 4 rings (SSSR count). The van der Waals surface area contributed by atoms with Crippen LogP contribution in [0.4, 0.5) is 13.2 Å². The maximum atomic E-state index is 12.9. The molecule has 0 spiro atoms. The van der Waals surface area contributed by atoms with Gasteiger partial charge in [0.15, 0.2) is 5.76 Å². The van der Waals surface area contributed by atoms with Gasteiger partial charge in [0, 0.05) is 11.4 Å². The first kappa shape index (κ1) is 17.7. The van der Waals surface area contributed by atoms with Gasteiger partial charge in [-0.2, -0.15) is 0 Å². The summed E-state index contributed by atoms with van der Waals surface area (Å²) in [5, 5.41) is 1.96. The Balaban J connectivity index is 1.69. The summed E-state index contributed by atoms with van der Waals surface area (Å²) in [5.74, 6) is -0.315. The molecule has 0 bridgehead atoms. The fourth-order valence-corrected chi connectivity index (χ4v) is 4.19. The van der Waals surface area contributed by atoms with Gasteiger partial charge in [-0.15, -0.1) is 24.5 Å². The van der Waals surface area contributed by atoms with Crippen LogP contribution in [0.15, 0.2) is 58.5 Å². The maximum absolute atomic E-state index is 12.9. The van der Waals surface area contributed by atoms with Gasteiger partial charge in [-0.05, 0) is 53.3 Å². The number of ether oxygens (including phenoxy) is 1. The Morgan fingerprint density at radius 2 is 1.96 bits per heavy atom. The van der Waals surface area contributed by atoms with E-state index in [-0.39, 0.29) is 17.4 Å². The average Bonchev–Trinajstić information content (AvgIpc) is 3.31. The zero-order valence-electron chi connectivity index (χ0n) is 13.9. The molecule has 27 heavy (non-hydrogen) atoms. The molecule has 2 aromatic heterocycles. The van der Waals surface area contributed by atoms with E-state index in [1.165, 1.54) is 23.3 Å². The predicted octanol–water partition coefficient (Wildman–Crippen LogP) is 5.03. The number of amides is 1. The molecular formula is C19H14F3NO3S. The lowest BCUT2D eigenvalue weighted by atomic mass is 9.93. The van der Waals surface area contributed by atoms with Crippen LogP contribution in [0, 0.1) is 0 Å². The van der Waals surface area contributed by atoms with Crippen LogP contribution in [0.5, 0.6) is 5.75 Å². The summed E-state index contributed by atoms with van der Waals surface area (Å²) in [6, 6.07) is 10.4.